The van der Waals surface area contributed by atoms with Crippen LogP contribution >= 0.6 is 11.3 Å². The number of hydrogen-bond acceptors (Lipinski definition) is 7. The van der Waals surface area contributed by atoms with Crippen LogP contribution in [0.2, 0.25) is 0 Å². The molecule has 34 heavy (non-hydrogen) atoms. The van der Waals surface area contributed by atoms with Gasteiger partial charge in [0.2, 0.25) is 0 Å². The summed E-state index contributed by atoms with van der Waals surface area (Å²) in [4.78, 5) is 24.3. The number of amides is 1. The summed E-state index contributed by atoms with van der Waals surface area (Å²) in [5, 5.41) is 1.45. The van der Waals surface area contributed by atoms with E-state index in [1.54, 1.807) is 38.2 Å². The van der Waals surface area contributed by atoms with Crippen LogP contribution in [-0.2, 0) is 14.9 Å². The van der Waals surface area contributed by atoms with Gasteiger partial charge in [-0.2, -0.15) is 8.42 Å². The van der Waals surface area contributed by atoms with Gasteiger partial charge in [-0.1, -0.05) is 12.1 Å². The molecule has 9 nitrogen and oxygen atoms in total. The summed E-state index contributed by atoms with van der Waals surface area (Å²) >= 11 is 1.27. The van der Waals surface area contributed by atoms with Gasteiger partial charge < -0.3 is 9.64 Å². The Kier molecular flexibility index (Phi) is 7.70. The van der Waals surface area contributed by atoms with Crippen LogP contribution < -0.4 is 4.74 Å². The molecule has 0 bridgehead atoms. The van der Waals surface area contributed by atoms with E-state index in [-0.39, 0.29) is 10.8 Å². The molecule has 0 saturated heterocycles. The van der Waals surface area contributed by atoms with Crippen molar-refractivity contribution in [2.75, 3.05) is 35.4 Å². The van der Waals surface area contributed by atoms with Gasteiger partial charge in [-0.25, -0.2) is 10.0 Å². The monoisotopic (exact) mass is 502 g/mol. The highest BCUT2D eigenvalue weighted by molar-refractivity contribution is 7.90. The average Bonchev–Trinajstić information content (AvgIpc) is 3.23. The van der Waals surface area contributed by atoms with Crippen molar-refractivity contribution in [2.24, 2.45) is 4.40 Å². The number of carbonyl (C=O) groups is 1. The summed E-state index contributed by atoms with van der Waals surface area (Å²) < 4.78 is 34.0. The van der Waals surface area contributed by atoms with E-state index in [9.17, 15) is 13.2 Å². The van der Waals surface area contributed by atoms with Crippen molar-refractivity contribution in [1.82, 2.24) is 14.9 Å². The number of aromatic nitrogens is 1. The predicted molar refractivity (Wildman–Crippen MR) is 133 cm³/mol. The molecule has 0 spiro atoms. The van der Waals surface area contributed by atoms with Gasteiger partial charge in [0.1, 0.15) is 12.1 Å². The van der Waals surface area contributed by atoms with Crippen LogP contribution in [0.5, 0.6) is 5.75 Å². The summed E-state index contributed by atoms with van der Waals surface area (Å²) in [5.74, 6) is 0.298. The van der Waals surface area contributed by atoms with Crippen LogP contribution in [-0.4, -0.2) is 71.0 Å². The van der Waals surface area contributed by atoms with Crippen LogP contribution in [0.3, 0.4) is 0 Å². The number of methoxy groups -OCH3 is 1. The average molecular weight is 503 g/mol. The fraction of sp³-hybridized carbons (Fsp3) is 0.261. The third kappa shape index (κ3) is 5.44. The lowest BCUT2D eigenvalue weighted by molar-refractivity contribution is -0.0757. The van der Waals surface area contributed by atoms with Gasteiger partial charge in [0.25, 0.3) is 10.0 Å². The largest absolute Gasteiger partial charge is 0.496 e. The van der Waals surface area contributed by atoms with Gasteiger partial charge in [-0.05, 0) is 48.4 Å². The van der Waals surface area contributed by atoms with E-state index in [1.165, 1.54) is 44.0 Å². The normalized spacial score (nSPS) is 11.6. The fourth-order valence-electron chi connectivity index (χ4n) is 3.07. The molecule has 0 N–H and O–H groups in total. The summed E-state index contributed by atoms with van der Waals surface area (Å²) in [7, 11) is 4.11. The first-order valence-electron chi connectivity index (χ1n) is 10.1. The number of sulfonamides is 1. The Morgan fingerprint density at radius 1 is 1.06 bits per heavy atom. The van der Waals surface area contributed by atoms with E-state index in [0.29, 0.717) is 16.5 Å². The van der Waals surface area contributed by atoms with Gasteiger partial charge in [0.05, 0.1) is 29.7 Å². The standard InChI is InChI=1S/C23H26N4O5S2/c1-15-21(33-22(25-15)23(28)27(4)32-6)17-9-12-20(31-5)19(13-17)16-7-10-18(11-8-16)34(29,30)24-14-26(2)3/h7-14H,1-6H3/b24-14-. The lowest BCUT2D eigenvalue weighted by atomic mass is 10.0. The number of aryl methyl sites for hydroxylation is 1. The van der Waals surface area contributed by atoms with E-state index in [1.807, 2.05) is 25.1 Å². The van der Waals surface area contributed by atoms with E-state index in [4.69, 9.17) is 9.57 Å². The highest BCUT2D eigenvalue weighted by Crippen LogP contribution is 2.38. The van der Waals surface area contributed by atoms with Crippen molar-refractivity contribution in [1.29, 1.82) is 0 Å². The highest BCUT2D eigenvalue weighted by Gasteiger charge is 2.20. The van der Waals surface area contributed by atoms with Crippen molar-refractivity contribution in [3.05, 3.63) is 53.2 Å². The Balaban J connectivity index is 2.00. The predicted octanol–water partition coefficient (Wildman–Crippen LogP) is 3.71. The number of hydroxylamine groups is 2. The molecule has 0 aliphatic carbocycles. The molecule has 180 valence electrons. The molecular formula is C23H26N4O5S2. The maximum absolute atomic E-state index is 12.4. The van der Waals surface area contributed by atoms with E-state index >= 15 is 0 Å². The lowest BCUT2D eigenvalue weighted by Crippen LogP contribution is -2.25. The zero-order valence-electron chi connectivity index (χ0n) is 19.8. The molecule has 0 unspecified atom stereocenters. The molecule has 0 aliphatic rings. The van der Waals surface area contributed by atoms with E-state index in [2.05, 4.69) is 9.38 Å². The first-order chi connectivity index (χ1) is 16.1. The van der Waals surface area contributed by atoms with Crippen LogP contribution in [0.15, 0.2) is 51.8 Å². The van der Waals surface area contributed by atoms with Crippen LogP contribution in [0.4, 0.5) is 0 Å². The molecular weight excluding hydrogens is 476 g/mol. The second kappa shape index (κ2) is 10.3. The summed E-state index contributed by atoms with van der Waals surface area (Å²) in [6.45, 7) is 1.84. The summed E-state index contributed by atoms with van der Waals surface area (Å²) in [6, 6.07) is 12.1. The Bertz CT molecular complexity index is 1320. The zero-order chi connectivity index (χ0) is 25.0. The van der Waals surface area contributed by atoms with E-state index in [0.717, 1.165) is 26.6 Å². The quantitative estimate of drug-likeness (QED) is 0.263. The number of ether oxygens (including phenoxy) is 1. The van der Waals surface area contributed by atoms with Crippen LogP contribution in [0, 0.1) is 6.92 Å². The molecule has 1 aromatic heterocycles. The maximum atomic E-state index is 12.4. The molecule has 1 amide bonds. The number of rotatable bonds is 8. The molecule has 0 fully saturated rings. The minimum atomic E-state index is -3.80. The topological polar surface area (TPSA) is 101 Å². The Morgan fingerprint density at radius 2 is 1.71 bits per heavy atom. The third-order valence-corrected chi connectivity index (χ3v) is 7.32. The number of hydrogen-bond donors (Lipinski definition) is 0. The van der Waals surface area contributed by atoms with Crippen LogP contribution in [0.1, 0.15) is 15.5 Å². The number of thiazole rings is 1. The number of benzene rings is 2. The van der Waals surface area contributed by atoms with Crippen molar-refractivity contribution in [2.45, 2.75) is 11.8 Å². The van der Waals surface area contributed by atoms with Gasteiger partial charge in [0.15, 0.2) is 5.01 Å². The second-order valence-electron chi connectivity index (χ2n) is 7.52. The Hall–Kier alpha value is -3.28. The Morgan fingerprint density at radius 3 is 2.29 bits per heavy atom. The maximum Gasteiger partial charge on any atom is 0.306 e. The molecule has 2 aromatic carbocycles. The highest BCUT2D eigenvalue weighted by atomic mass is 32.2. The third-order valence-electron chi connectivity index (χ3n) is 4.88. The first kappa shape index (κ1) is 25.3. The fourth-order valence-corrected chi connectivity index (χ4v) is 5.02. The zero-order valence-corrected chi connectivity index (χ0v) is 21.4. The molecule has 3 rings (SSSR count). The van der Waals surface area contributed by atoms with Gasteiger partial charge in [-0.3, -0.25) is 9.63 Å². The molecule has 0 saturated carbocycles. The Labute approximate surface area is 203 Å². The van der Waals surface area contributed by atoms with Crippen molar-refractivity contribution in [3.63, 3.8) is 0 Å². The number of nitrogens with zero attached hydrogens (tertiary/aromatic N) is 4. The number of carbonyl (C=O) groups excluding carboxylic acids is 1. The molecule has 3 aromatic rings. The molecule has 0 aliphatic heterocycles. The summed E-state index contributed by atoms with van der Waals surface area (Å²) in [6.07, 6.45) is 1.25. The first-order valence-corrected chi connectivity index (χ1v) is 12.4. The minimum absolute atomic E-state index is 0.0909. The van der Waals surface area contributed by atoms with Crippen molar-refractivity contribution in [3.8, 4) is 27.3 Å². The molecule has 0 radical (unpaired) electrons. The molecule has 11 heteroatoms. The minimum Gasteiger partial charge on any atom is -0.496 e. The van der Waals surface area contributed by atoms with Crippen molar-refractivity contribution >= 4 is 33.6 Å². The second-order valence-corrected chi connectivity index (χ2v) is 10.1. The van der Waals surface area contributed by atoms with Crippen LogP contribution in [0.25, 0.3) is 21.6 Å². The molecule has 0 atom stereocenters. The van der Waals surface area contributed by atoms with Gasteiger partial charge in [-0.15, -0.1) is 15.7 Å². The van der Waals surface area contributed by atoms with Crippen molar-refractivity contribution < 1.29 is 22.8 Å². The lowest BCUT2D eigenvalue weighted by Gasteiger charge is -2.12. The SMILES string of the molecule is COc1ccc(-c2sc(C(=O)N(C)OC)nc2C)cc1-c1ccc(S(=O)(=O)/N=C\N(C)C)cc1. The smallest absolute Gasteiger partial charge is 0.306 e. The summed E-state index contributed by atoms with van der Waals surface area (Å²) in [5.41, 5.74) is 3.12. The van der Waals surface area contributed by atoms with Gasteiger partial charge in [0, 0.05) is 26.7 Å². The molecule has 1 heterocycles. The van der Waals surface area contributed by atoms with Gasteiger partial charge >= 0.3 is 5.91 Å². The van der Waals surface area contributed by atoms with E-state index < -0.39 is 10.0 Å².